The Kier molecular flexibility index (Phi) is 4.49. The standard InChI is InChI=1S/C11H18N2O3/c1-11(2,3)16-7-10-9(6-12-13-10)4-5-15-8-14/h6,8H,4-5,7H2,1-3H3,(H,12,13). The van der Waals surface area contributed by atoms with Crippen LogP contribution >= 0.6 is 0 Å². The second-order valence-electron chi connectivity index (χ2n) is 4.49. The molecule has 0 unspecified atom stereocenters. The van der Waals surface area contributed by atoms with E-state index in [1.54, 1.807) is 6.20 Å². The number of H-pyrrole nitrogens is 1. The van der Waals surface area contributed by atoms with Crippen LogP contribution in [0.1, 0.15) is 32.0 Å². The lowest BCUT2D eigenvalue weighted by molar-refractivity contribution is -0.128. The Morgan fingerprint density at radius 3 is 2.88 bits per heavy atom. The molecule has 16 heavy (non-hydrogen) atoms. The van der Waals surface area contributed by atoms with Crippen molar-refractivity contribution in [3.63, 3.8) is 0 Å². The molecule has 0 aliphatic carbocycles. The summed E-state index contributed by atoms with van der Waals surface area (Å²) >= 11 is 0. The molecule has 0 bridgehead atoms. The summed E-state index contributed by atoms with van der Waals surface area (Å²) in [5.74, 6) is 0. The molecule has 0 saturated carbocycles. The number of aromatic nitrogens is 2. The van der Waals surface area contributed by atoms with Crippen molar-refractivity contribution in [1.82, 2.24) is 10.2 Å². The monoisotopic (exact) mass is 226 g/mol. The molecule has 5 heteroatoms. The first-order valence-electron chi connectivity index (χ1n) is 5.23. The molecule has 1 rings (SSSR count). The van der Waals surface area contributed by atoms with Gasteiger partial charge in [-0.3, -0.25) is 9.89 Å². The number of rotatable bonds is 6. The van der Waals surface area contributed by atoms with E-state index in [-0.39, 0.29) is 5.60 Å². The lowest BCUT2D eigenvalue weighted by atomic mass is 10.1. The minimum Gasteiger partial charge on any atom is -0.468 e. The predicted octanol–water partition coefficient (Wildman–Crippen LogP) is 1.44. The van der Waals surface area contributed by atoms with E-state index >= 15 is 0 Å². The van der Waals surface area contributed by atoms with Crippen LogP contribution in [0.3, 0.4) is 0 Å². The number of hydrogen-bond donors (Lipinski definition) is 1. The highest BCUT2D eigenvalue weighted by Crippen LogP contribution is 2.13. The predicted molar refractivity (Wildman–Crippen MR) is 58.8 cm³/mol. The summed E-state index contributed by atoms with van der Waals surface area (Å²) in [5, 5.41) is 6.84. The number of ether oxygens (including phenoxy) is 2. The van der Waals surface area contributed by atoms with Gasteiger partial charge < -0.3 is 9.47 Å². The van der Waals surface area contributed by atoms with Crippen molar-refractivity contribution in [3.8, 4) is 0 Å². The maximum atomic E-state index is 10.0. The van der Waals surface area contributed by atoms with Crippen LogP contribution in [0.15, 0.2) is 6.20 Å². The SMILES string of the molecule is CC(C)(C)OCc1[nH]ncc1CCOC=O. The Labute approximate surface area is 95.1 Å². The third-order valence-corrected chi connectivity index (χ3v) is 2.01. The van der Waals surface area contributed by atoms with Gasteiger partial charge in [-0.15, -0.1) is 0 Å². The topological polar surface area (TPSA) is 64.2 Å². The molecule has 0 spiro atoms. The van der Waals surface area contributed by atoms with Gasteiger partial charge in [0.25, 0.3) is 6.47 Å². The second kappa shape index (κ2) is 5.65. The van der Waals surface area contributed by atoms with E-state index < -0.39 is 0 Å². The van der Waals surface area contributed by atoms with Crippen LogP contribution < -0.4 is 0 Å². The van der Waals surface area contributed by atoms with E-state index in [1.807, 2.05) is 20.8 Å². The lowest BCUT2D eigenvalue weighted by Gasteiger charge is -2.19. The van der Waals surface area contributed by atoms with Gasteiger partial charge in [-0.2, -0.15) is 5.10 Å². The van der Waals surface area contributed by atoms with Gasteiger partial charge in [-0.25, -0.2) is 0 Å². The van der Waals surface area contributed by atoms with E-state index in [0.29, 0.717) is 26.1 Å². The zero-order valence-electron chi connectivity index (χ0n) is 9.95. The van der Waals surface area contributed by atoms with Gasteiger partial charge in [0.1, 0.15) is 0 Å². The fourth-order valence-electron chi connectivity index (χ4n) is 1.18. The Bertz CT molecular complexity index is 328. The van der Waals surface area contributed by atoms with E-state index in [0.717, 1.165) is 11.3 Å². The van der Waals surface area contributed by atoms with Gasteiger partial charge in [0.05, 0.1) is 30.7 Å². The number of hydrogen-bond acceptors (Lipinski definition) is 4. The van der Waals surface area contributed by atoms with Gasteiger partial charge in [0, 0.05) is 6.42 Å². The first kappa shape index (κ1) is 12.7. The molecule has 0 amide bonds. The van der Waals surface area contributed by atoms with Crippen molar-refractivity contribution < 1.29 is 14.3 Å². The number of carbonyl (C=O) groups is 1. The highest BCUT2D eigenvalue weighted by Gasteiger charge is 2.12. The molecule has 0 radical (unpaired) electrons. The zero-order chi connectivity index (χ0) is 12.0. The summed E-state index contributed by atoms with van der Waals surface area (Å²) in [7, 11) is 0. The van der Waals surface area contributed by atoms with Crippen LogP contribution in [0.25, 0.3) is 0 Å². The molecule has 0 saturated heterocycles. The molecule has 0 aliphatic heterocycles. The van der Waals surface area contributed by atoms with Gasteiger partial charge in [0.15, 0.2) is 0 Å². The van der Waals surface area contributed by atoms with Crippen LogP contribution in [0.2, 0.25) is 0 Å². The Morgan fingerprint density at radius 1 is 1.50 bits per heavy atom. The van der Waals surface area contributed by atoms with Gasteiger partial charge in [-0.1, -0.05) is 0 Å². The molecule has 0 atom stereocenters. The lowest BCUT2D eigenvalue weighted by Crippen LogP contribution is -2.19. The van der Waals surface area contributed by atoms with Crippen molar-refractivity contribution in [2.45, 2.75) is 39.4 Å². The molecule has 1 heterocycles. The zero-order valence-corrected chi connectivity index (χ0v) is 9.95. The molecule has 0 fully saturated rings. The first-order chi connectivity index (χ1) is 7.53. The van der Waals surface area contributed by atoms with Crippen LogP contribution in [0.5, 0.6) is 0 Å². The number of carbonyl (C=O) groups excluding carboxylic acids is 1. The Hall–Kier alpha value is -1.36. The summed E-state index contributed by atoms with van der Waals surface area (Å²) < 4.78 is 10.3. The fraction of sp³-hybridized carbons (Fsp3) is 0.636. The van der Waals surface area contributed by atoms with Crippen molar-refractivity contribution in [2.24, 2.45) is 0 Å². The first-order valence-corrected chi connectivity index (χ1v) is 5.23. The summed E-state index contributed by atoms with van der Waals surface area (Å²) in [6.07, 6.45) is 2.38. The molecule has 0 aliphatic rings. The molecular formula is C11H18N2O3. The normalized spacial score (nSPS) is 11.4. The van der Waals surface area contributed by atoms with E-state index in [2.05, 4.69) is 14.9 Å². The maximum absolute atomic E-state index is 10.0. The maximum Gasteiger partial charge on any atom is 0.293 e. The molecular weight excluding hydrogens is 208 g/mol. The molecule has 1 aromatic rings. The van der Waals surface area contributed by atoms with E-state index in [1.165, 1.54) is 0 Å². The molecule has 90 valence electrons. The smallest absolute Gasteiger partial charge is 0.293 e. The Morgan fingerprint density at radius 2 is 2.25 bits per heavy atom. The van der Waals surface area contributed by atoms with Crippen LogP contribution in [-0.2, 0) is 27.3 Å². The summed E-state index contributed by atoms with van der Waals surface area (Å²) in [6.45, 7) is 7.30. The quantitative estimate of drug-likeness (QED) is 0.589. The summed E-state index contributed by atoms with van der Waals surface area (Å²) in [6, 6.07) is 0. The van der Waals surface area contributed by atoms with Crippen molar-refractivity contribution in [3.05, 3.63) is 17.5 Å². The molecule has 0 aromatic carbocycles. The van der Waals surface area contributed by atoms with E-state index in [4.69, 9.17) is 4.74 Å². The van der Waals surface area contributed by atoms with Crippen LogP contribution in [0, 0.1) is 0 Å². The van der Waals surface area contributed by atoms with Crippen molar-refractivity contribution in [1.29, 1.82) is 0 Å². The number of nitrogens with zero attached hydrogens (tertiary/aromatic N) is 1. The van der Waals surface area contributed by atoms with Gasteiger partial charge in [-0.05, 0) is 26.3 Å². The molecule has 1 N–H and O–H groups in total. The average molecular weight is 226 g/mol. The third kappa shape index (κ3) is 4.44. The molecule has 5 nitrogen and oxygen atoms in total. The van der Waals surface area contributed by atoms with Gasteiger partial charge >= 0.3 is 0 Å². The minimum atomic E-state index is -0.179. The highest BCUT2D eigenvalue weighted by molar-refractivity contribution is 5.37. The van der Waals surface area contributed by atoms with Crippen molar-refractivity contribution in [2.75, 3.05) is 6.61 Å². The Balaban J connectivity index is 2.47. The number of nitrogens with one attached hydrogen (secondary N) is 1. The average Bonchev–Trinajstić information content (AvgIpc) is 2.62. The largest absolute Gasteiger partial charge is 0.468 e. The number of aromatic amines is 1. The summed E-state index contributed by atoms with van der Waals surface area (Å²) in [4.78, 5) is 10.0. The summed E-state index contributed by atoms with van der Waals surface area (Å²) in [5.41, 5.74) is 1.78. The van der Waals surface area contributed by atoms with Gasteiger partial charge in [0.2, 0.25) is 0 Å². The second-order valence-corrected chi connectivity index (χ2v) is 4.49. The highest BCUT2D eigenvalue weighted by atomic mass is 16.5. The molecule has 1 aromatic heterocycles. The van der Waals surface area contributed by atoms with Crippen LogP contribution in [-0.4, -0.2) is 28.9 Å². The van der Waals surface area contributed by atoms with Crippen molar-refractivity contribution >= 4 is 6.47 Å². The van der Waals surface area contributed by atoms with Crippen LogP contribution in [0.4, 0.5) is 0 Å². The minimum absolute atomic E-state index is 0.179. The third-order valence-electron chi connectivity index (χ3n) is 2.01. The fourth-order valence-corrected chi connectivity index (χ4v) is 1.18. The van der Waals surface area contributed by atoms with E-state index in [9.17, 15) is 4.79 Å².